The van der Waals surface area contributed by atoms with Gasteiger partial charge < -0.3 is 15.8 Å². The van der Waals surface area contributed by atoms with Crippen LogP contribution in [-0.4, -0.2) is 19.6 Å². The van der Waals surface area contributed by atoms with Crippen LogP contribution in [0.5, 0.6) is 5.75 Å². The number of hydrogen-bond acceptors (Lipinski definition) is 3. The molecule has 0 bridgehead atoms. The van der Waals surface area contributed by atoms with Crippen LogP contribution in [0.25, 0.3) is 0 Å². The molecule has 0 saturated carbocycles. The van der Waals surface area contributed by atoms with Gasteiger partial charge >= 0.3 is 0 Å². The molecule has 0 spiro atoms. The van der Waals surface area contributed by atoms with E-state index in [1.165, 1.54) is 0 Å². The number of benzene rings is 1. The summed E-state index contributed by atoms with van der Waals surface area (Å²) < 4.78 is 5.32. The molecular weight excluding hydrogens is 264 g/mol. The Labute approximate surface area is 128 Å². The number of methoxy groups -OCH3 is 1. The van der Waals surface area contributed by atoms with Crippen LogP contribution in [0.4, 0.5) is 5.69 Å². The van der Waals surface area contributed by atoms with Crippen molar-refractivity contribution in [2.24, 2.45) is 11.1 Å². The van der Waals surface area contributed by atoms with Gasteiger partial charge in [-0.2, -0.15) is 0 Å². The molecule has 0 aliphatic rings. The summed E-state index contributed by atoms with van der Waals surface area (Å²) in [5.74, 6) is 0.672. The lowest BCUT2D eigenvalue weighted by Crippen LogP contribution is -2.42. The molecule has 21 heavy (non-hydrogen) atoms. The average Bonchev–Trinajstić information content (AvgIpc) is 2.47. The monoisotopic (exact) mass is 292 g/mol. The maximum atomic E-state index is 12.8. The molecule has 0 radical (unpaired) electrons. The van der Waals surface area contributed by atoms with Crippen molar-refractivity contribution in [1.82, 2.24) is 0 Å². The average molecular weight is 292 g/mol. The highest BCUT2D eigenvalue weighted by atomic mass is 16.5. The first kappa shape index (κ1) is 17.5. The van der Waals surface area contributed by atoms with Gasteiger partial charge in [-0.15, -0.1) is 0 Å². The van der Waals surface area contributed by atoms with E-state index in [4.69, 9.17) is 10.5 Å². The number of aryl methyl sites for hydroxylation is 1. The molecule has 0 heterocycles. The number of amides is 1. The number of carbonyl (C=O) groups excluding carboxylic acids is 1. The van der Waals surface area contributed by atoms with Crippen molar-refractivity contribution in [3.63, 3.8) is 0 Å². The molecule has 0 aliphatic carbocycles. The second kappa shape index (κ2) is 8.03. The van der Waals surface area contributed by atoms with E-state index in [0.29, 0.717) is 18.0 Å². The summed E-state index contributed by atoms with van der Waals surface area (Å²) in [6, 6.07) is 5.76. The summed E-state index contributed by atoms with van der Waals surface area (Å²) in [4.78, 5) is 12.8. The number of carbonyl (C=O) groups is 1. The summed E-state index contributed by atoms with van der Waals surface area (Å²) in [6.45, 7) is 6.53. The summed E-state index contributed by atoms with van der Waals surface area (Å²) in [5, 5.41) is 3.02. The highest BCUT2D eigenvalue weighted by molar-refractivity contribution is 5.96. The minimum atomic E-state index is -0.488. The van der Waals surface area contributed by atoms with Gasteiger partial charge in [0.1, 0.15) is 5.75 Å². The van der Waals surface area contributed by atoms with Crippen LogP contribution in [0.2, 0.25) is 0 Å². The Balaban J connectivity index is 3.03. The summed E-state index contributed by atoms with van der Waals surface area (Å²) >= 11 is 0. The summed E-state index contributed by atoms with van der Waals surface area (Å²) in [7, 11) is 1.61. The first-order valence-electron chi connectivity index (χ1n) is 7.69. The molecule has 1 amide bonds. The zero-order valence-corrected chi connectivity index (χ0v) is 13.7. The maximum absolute atomic E-state index is 12.8. The van der Waals surface area contributed by atoms with Gasteiger partial charge in [0.05, 0.1) is 18.2 Å². The van der Waals surface area contributed by atoms with Gasteiger partial charge in [-0.05, 0) is 37.5 Å². The maximum Gasteiger partial charge on any atom is 0.231 e. The van der Waals surface area contributed by atoms with E-state index in [1.807, 2.05) is 25.1 Å². The van der Waals surface area contributed by atoms with Crippen LogP contribution in [0.3, 0.4) is 0 Å². The number of hydrogen-bond donors (Lipinski definition) is 2. The molecular formula is C17H28N2O2. The number of rotatable bonds is 8. The summed E-state index contributed by atoms with van der Waals surface area (Å²) in [6.07, 6.45) is 3.49. The van der Waals surface area contributed by atoms with Gasteiger partial charge in [-0.1, -0.05) is 32.8 Å². The van der Waals surface area contributed by atoms with E-state index >= 15 is 0 Å². The van der Waals surface area contributed by atoms with E-state index in [1.54, 1.807) is 7.11 Å². The highest BCUT2D eigenvalue weighted by Gasteiger charge is 2.35. The fourth-order valence-corrected chi connectivity index (χ4v) is 2.78. The Morgan fingerprint density at radius 2 is 1.90 bits per heavy atom. The van der Waals surface area contributed by atoms with Crippen molar-refractivity contribution in [3.05, 3.63) is 23.8 Å². The van der Waals surface area contributed by atoms with Crippen molar-refractivity contribution >= 4 is 11.6 Å². The minimum Gasteiger partial charge on any atom is -0.495 e. The van der Waals surface area contributed by atoms with Crippen LogP contribution in [0.1, 0.15) is 45.1 Å². The third kappa shape index (κ3) is 4.21. The Morgan fingerprint density at radius 3 is 2.38 bits per heavy atom. The second-order valence-corrected chi connectivity index (χ2v) is 5.64. The molecule has 0 fully saturated rings. The predicted octanol–water partition coefficient (Wildman–Crippen LogP) is 3.49. The van der Waals surface area contributed by atoms with Gasteiger partial charge in [0, 0.05) is 6.54 Å². The third-order valence-electron chi connectivity index (χ3n) is 3.93. The molecule has 1 aromatic carbocycles. The molecule has 1 rings (SSSR count). The number of nitrogens with one attached hydrogen (secondary N) is 1. The molecule has 0 saturated heterocycles. The van der Waals surface area contributed by atoms with Gasteiger partial charge in [-0.3, -0.25) is 4.79 Å². The lowest BCUT2D eigenvalue weighted by molar-refractivity contribution is -0.126. The highest BCUT2D eigenvalue weighted by Crippen LogP contribution is 2.33. The smallest absolute Gasteiger partial charge is 0.231 e. The van der Waals surface area contributed by atoms with Crippen molar-refractivity contribution in [2.75, 3.05) is 19.0 Å². The van der Waals surface area contributed by atoms with Gasteiger partial charge in [0.2, 0.25) is 5.91 Å². The van der Waals surface area contributed by atoms with E-state index in [9.17, 15) is 4.79 Å². The Kier molecular flexibility index (Phi) is 6.69. The molecule has 4 heteroatoms. The van der Waals surface area contributed by atoms with Crippen LogP contribution < -0.4 is 15.8 Å². The standard InChI is InChI=1S/C17H28N2O2/c1-5-9-17(12-18,10-6-2)16(20)19-14-11-13(3)7-8-15(14)21-4/h7-8,11H,5-6,9-10,12,18H2,1-4H3,(H,19,20). The topological polar surface area (TPSA) is 64.4 Å². The lowest BCUT2D eigenvalue weighted by Gasteiger charge is -2.31. The van der Waals surface area contributed by atoms with Crippen molar-refractivity contribution in [2.45, 2.75) is 46.5 Å². The first-order chi connectivity index (χ1) is 10.0. The van der Waals surface area contributed by atoms with E-state index in [2.05, 4.69) is 19.2 Å². The van der Waals surface area contributed by atoms with Crippen molar-refractivity contribution < 1.29 is 9.53 Å². The zero-order valence-electron chi connectivity index (χ0n) is 13.7. The Hall–Kier alpha value is -1.55. The van der Waals surface area contributed by atoms with Crippen LogP contribution in [0.15, 0.2) is 18.2 Å². The summed E-state index contributed by atoms with van der Waals surface area (Å²) in [5.41, 5.74) is 7.25. The Morgan fingerprint density at radius 1 is 1.29 bits per heavy atom. The second-order valence-electron chi connectivity index (χ2n) is 5.64. The SMILES string of the molecule is CCCC(CN)(CCC)C(=O)Nc1cc(C)ccc1OC. The van der Waals surface area contributed by atoms with Gasteiger partial charge in [0.25, 0.3) is 0 Å². The molecule has 0 atom stereocenters. The largest absolute Gasteiger partial charge is 0.495 e. The van der Waals surface area contributed by atoms with Crippen LogP contribution >= 0.6 is 0 Å². The lowest BCUT2D eigenvalue weighted by atomic mass is 9.78. The quantitative estimate of drug-likeness (QED) is 0.771. The first-order valence-corrected chi connectivity index (χ1v) is 7.69. The van der Waals surface area contributed by atoms with Crippen molar-refractivity contribution in [1.29, 1.82) is 0 Å². The van der Waals surface area contributed by atoms with Gasteiger partial charge in [0.15, 0.2) is 0 Å². The van der Waals surface area contributed by atoms with Crippen LogP contribution in [0, 0.1) is 12.3 Å². The third-order valence-corrected chi connectivity index (χ3v) is 3.93. The van der Waals surface area contributed by atoms with Gasteiger partial charge in [-0.25, -0.2) is 0 Å². The number of nitrogens with two attached hydrogens (primary N) is 1. The predicted molar refractivity (Wildman–Crippen MR) is 87.7 cm³/mol. The Bertz CT molecular complexity index is 466. The molecule has 0 unspecified atom stereocenters. The van der Waals surface area contributed by atoms with Crippen molar-refractivity contribution in [3.8, 4) is 5.75 Å². The molecule has 3 N–H and O–H groups in total. The molecule has 4 nitrogen and oxygen atoms in total. The molecule has 118 valence electrons. The molecule has 0 aromatic heterocycles. The fourth-order valence-electron chi connectivity index (χ4n) is 2.78. The fraction of sp³-hybridized carbons (Fsp3) is 0.588. The molecule has 0 aliphatic heterocycles. The minimum absolute atomic E-state index is 0.00222. The normalized spacial score (nSPS) is 11.3. The zero-order chi connectivity index (χ0) is 15.9. The van der Waals surface area contributed by atoms with E-state index < -0.39 is 5.41 Å². The van der Waals surface area contributed by atoms with E-state index in [0.717, 1.165) is 31.2 Å². The molecule has 1 aromatic rings. The van der Waals surface area contributed by atoms with E-state index in [-0.39, 0.29) is 5.91 Å². The number of anilines is 1. The van der Waals surface area contributed by atoms with Crippen LogP contribution in [-0.2, 0) is 4.79 Å². The number of ether oxygens (including phenoxy) is 1.